The average molecular weight is 267 g/mol. The van der Waals surface area contributed by atoms with Gasteiger partial charge in [-0.05, 0) is 12.1 Å². The fourth-order valence-corrected chi connectivity index (χ4v) is 2.23. The zero-order chi connectivity index (χ0) is 13.0. The van der Waals surface area contributed by atoms with Crippen LogP contribution in [-0.4, -0.2) is 30.0 Å². The van der Waals surface area contributed by atoms with Gasteiger partial charge in [-0.15, -0.1) is 5.10 Å². The highest BCUT2D eigenvalue weighted by atomic mass is 32.2. The zero-order valence-corrected chi connectivity index (χ0v) is 10.3. The number of anilines is 1. The Labute approximate surface area is 105 Å². The van der Waals surface area contributed by atoms with Crippen LogP contribution in [0.4, 0.5) is 5.69 Å². The number of para-hydroxylation sites is 1. The van der Waals surface area contributed by atoms with E-state index in [1.54, 1.807) is 35.3 Å². The van der Waals surface area contributed by atoms with E-state index in [9.17, 15) is 8.42 Å². The standard InChI is InChI=1S/C10H13N5O2S/c11-18(16,17)10-4-2-1-3-9(10)12-5-7-15-8-6-13-14-15/h1-4,6,8,12H,5,7H2,(H2,11,16,17). The molecule has 0 unspecified atom stereocenters. The molecule has 0 saturated heterocycles. The molecule has 0 radical (unpaired) electrons. The lowest BCUT2D eigenvalue weighted by molar-refractivity contribution is 0.597. The van der Waals surface area contributed by atoms with Gasteiger partial charge in [-0.3, -0.25) is 4.68 Å². The third-order valence-electron chi connectivity index (χ3n) is 2.32. The summed E-state index contributed by atoms with van der Waals surface area (Å²) in [6.07, 6.45) is 3.31. The predicted octanol–water partition coefficient (Wildman–Crippen LogP) is 0.0376. The molecule has 0 fully saturated rings. The summed E-state index contributed by atoms with van der Waals surface area (Å²) in [6, 6.07) is 6.50. The fraction of sp³-hybridized carbons (Fsp3) is 0.200. The third-order valence-corrected chi connectivity index (χ3v) is 3.29. The van der Waals surface area contributed by atoms with Gasteiger partial charge in [0.1, 0.15) is 4.90 Å². The van der Waals surface area contributed by atoms with E-state index in [1.165, 1.54) is 6.07 Å². The van der Waals surface area contributed by atoms with Gasteiger partial charge in [0.2, 0.25) is 10.0 Å². The van der Waals surface area contributed by atoms with Gasteiger partial charge >= 0.3 is 0 Å². The SMILES string of the molecule is NS(=O)(=O)c1ccccc1NCCn1ccnn1. The third kappa shape index (κ3) is 3.05. The molecule has 3 N–H and O–H groups in total. The summed E-state index contributed by atoms with van der Waals surface area (Å²) in [5.74, 6) is 0. The molecule has 18 heavy (non-hydrogen) atoms. The van der Waals surface area contributed by atoms with E-state index in [0.717, 1.165) is 0 Å². The van der Waals surface area contributed by atoms with Crippen molar-refractivity contribution in [2.75, 3.05) is 11.9 Å². The molecule has 7 nitrogen and oxygen atoms in total. The predicted molar refractivity (Wildman–Crippen MR) is 66.3 cm³/mol. The van der Waals surface area contributed by atoms with Crippen molar-refractivity contribution < 1.29 is 8.42 Å². The largest absolute Gasteiger partial charge is 0.382 e. The van der Waals surface area contributed by atoms with Crippen LogP contribution < -0.4 is 10.5 Å². The van der Waals surface area contributed by atoms with Crippen molar-refractivity contribution in [3.63, 3.8) is 0 Å². The van der Waals surface area contributed by atoms with Gasteiger partial charge in [-0.25, -0.2) is 13.6 Å². The summed E-state index contributed by atoms with van der Waals surface area (Å²) in [4.78, 5) is 0.0867. The Morgan fingerprint density at radius 2 is 2.11 bits per heavy atom. The minimum Gasteiger partial charge on any atom is -0.382 e. The highest BCUT2D eigenvalue weighted by Gasteiger charge is 2.12. The lowest BCUT2D eigenvalue weighted by Gasteiger charge is -2.10. The van der Waals surface area contributed by atoms with Crippen LogP contribution in [-0.2, 0) is 16.6 Å². The molecule has 0 saturated carbocycles. The van der Waals surface area contributed by atoms with Crippen molar-refractivity contribution in [2.24, 2.45) is 5.14 Å². The average Bonchev–Trinajstić information content (AvgIpc) is 2.81. The second-order valence-electron chi connectivity index (χ2n) is 3.63. The van der Waals surface area contributed by atoms with E-state index in [0.29, 0.717) is 18.8 Å². The highest BCUT2D eigenvalue weighted by Crippen LogP contribution is 2.18. The lowest BCUT2D eigenvalue weighted by Crippen LogP contribution is -2.17. The van der Waals surface area contributed by atoms with Crippen molar-refractivity contribution >= 4 is 15.7 Å². The number of aromatic nitrogens is 3. The molecule has 1 aromatic carbocycles. The molecule has 1 heterocycles. The van der Waals surface area contributed by atoms with Crippen molar-refractivity contribution in [2.45, 2.75) is 11.4 Å². The molecule has 2 rings (SSSR count). The van der Waals surface area contributed by atoms with Gasteiger partial charge < -0.3 is 5.32 Å². The molecule has 8 heteroatoms. The Morgan fingerprint density at radius 1 is 1.33 bits per heavy atom. The Hall–Kier alpha value is -1.93. The molecule has 0 aliphatic rings. The first kappa shape index (κ1) is 12.5. The van der Waals surface area contributed by atoms with Crippen LogP contribution >= 0.6 is 0 Å². The summed E-state index contributed by atoms with van der Waals surface area (Å²) < 4.78 is 24.4. The number of hydrogen-bond acceptors (Lipinski definition) is 5. The maximum Gasteiger partial charge on any atom is 0.240 e. The van der Waals surface area contributed by atoms with Crippen molar-refractivity contribution in [3.8, 4) is 0 Å². The number of nitrogens with one attached hydrogen (secondary N) is 1. The molecule has 0 spiro atoms. The number of primary sulfonamides is 1. The minimum atomic E-state index is -3.71. The molecule has 0 aliphatic carbocycles. The van der Waals surface area contributed by atoms with Gasteiger partial charge in [-0.2, -0.15) is 0 Å². The van der Waals surface area contributed by atoms with Crippen LogP contribution in [0.5, 0.6) is 0 Å². The van der Waals surface area contributed by atoms with E-state index < -0.39 is 10.0 Å². The second kappa shape index (κ2) is 5.15. The van der Waals surface area contributed by atoms with Crippen molar-refractivity contribution in [1.29, 1.82) is 0 Å². The van der Waals surface area contributed by atoms with Gasteiger partial charge in [0.25, 0.3) is 0 Å². The second-order valence-corrected chi connectivity index (χ2v) is 5.16. The van der Waals surface area contributed by atoms with E-state index in [-0.39, 0.29) is 4.90 Å². The molecule has 96 valence electrons. The van der Waals surface area contributed by atoms with Gasteiger partial charge in [0.15, 0.2) is 0 Å². The highest BCUT2D eigenvalue weighted by molar-refractivity contribution is 7.89. The molecule has 0 atom stereocenters. The summed E-state index contributed by atoms with van der Waals surface area (Å²) >= 11 is 0. The summed E-state index contributed by atoms with van der Waals surface area (Å²) in [7, 11) is -3.71. The molecule has 2 aromatic rings. The Morgan fingerprint density at radius 3 is 2.78 bits per heavy atom. The lowest BCUT2D eigenvalue weighted by atomic mass is 10.3. The quantitative estimate of drug-likeness (QED) is 0.796. The molecule has 0 amide bonds. The van der Waals surface area contributed by atoms with Crippen LogP contribution in [0.15, 0.2) is 41.6 Å². The van der Waals surface area contributed by atoms with Crippen LogP contribution in [0.1, 0.15) is 0 Å². The monoisotopic (exact) mass is 267 g/mol. The Kier molecular flexibility index (Phi) is 3.58. The Balaban J connectivity index is 2.06. The topological polar surface area (TPSA) is 103 Å². The molecule has 1 aromatic heterocycles. The first-order chi connectivity index (χ1) is 8.57. The maximum atomic E-state index is 11.4. The fourth-order valence-electron chi connectivity index (χ4n) is 1.52. The molecular weight excluding hydrogens is 254 g/mol. The molecule has 0 aliphatic heterocycles. The smallest absolute Gasteiger partial charge is 0.240 e. The number of sulfonamides is 1. The molecule has 0 bridgehead atoms. The summed E-state index contributed by atoms with van der Waals surface area (Å²) in [5.41, 5.74) is 0.486. The number of benzene rings is 1. The van der Waals surface area contributed by atoms with E-state index in [2.05, 4.69) is 15.6 Å². The Bertz CT molecular complexity index is 609. The van der Waals surface area contributed by atoms with Crippen molar-refractivity contribution in [3.05, 3.63) is 36.7 Å². The van der Waals surface area contributed by atoms with Crippen molar-refractivity contribution in [1.82, 2.24) is 15.0 Å². The normalized spacial score (nSPS) is 11.4. The summed E-state index contributed by atoms with van der Waals surface area (Å²) in [6.45, 7) is 1.11. The maximum absolute atomic E-state index is 11.4. The van der Waals surface area contributed by atoms with Gasteiger partial charge in [0.05, 0.1) is 18.4 Å². The summed E-state index contributed by atoms with van der Waals surface area (Å²) in [5, 5.41) is 15.6. The van der Waals surface area contributed by atoms with E-state index in [1.807, 2.05) is 0 Å². The van der Waals surface area contributed by atoms with Crippen LogP contribution in [0.25, 0.3) is 0 Å². The van der Waals surface area contributed by atoms with Crippen LogP contribution in [0.2, 0.25) is 0 Å². The van der Waals surface area contributed by atoms with E-state index in [4.69, 9.17) is 5.14 Å². The number of rotatable bonds is 5. The first-order valence-corrected chi connectivity index (χ1v) is 6.82. The van der Waals surface area contributed by atoms with Gasteiger partial charge in [0, 0.05) is 12.7 Å². The van der Waals surface area contributed by atoms with Crippen LogP contribution in [0, 0.1) is 0 Å². The van der Waals surface area contributed by atoms with Gasteiger partial charge in [-0.1, -0.05) is 17.3 Å². The number of hydrogen-bond donors (Lipinski definition) is 2. The first-order valence-electron chi connectivity index (χ1n) is 5.27. The zero-order valence-electron chi connectivity index (χ0n) is 9.52. The minimum absolute atomic E-state index is 0.0867. The van der Waals surface area contributed by atoms with Crippen LogP contribution in [0.3, 0.4) is 0 Å². The molecular formula is C10H13N5O2S. The number of nitrogens with two attached hydrogens (primary N) is 1. The van der Waals surface area contributed by atoms with E-state index >= 15 is 0 Å². The number of nitrogens with zero attached hydrogens (tertiary/aromatic N) is 3.